The van der Waals surface area contributed by atoms with Gasteiger partial charge in [-0.15, -0.1) is 0 Å². The van der Waals surface area contributed by atoms with Gasteiger partial charge < -0.3 is 10.6 Å². The number of nitrogens with one attached hydrogen (secondary N) is 2. The van der Waals surface area contributed by atoms with Crippen LogP contribution in [0, 0.1) is 0 Å². The Labute approximate surface area is 168 Å². The molecule has 0 spiro atoms. The number of hydrogen-bond acceptors (Lipinski definition) is 3. The largest absolute Gasteiger partial charge is 0.347 e. The molecule has 0 saturated heterocycles. The van der Waals surface area contributed by atoms with E-state index in [1.165, 1.54) is 4.68 Å². The molecule has 6 nitrogen and oxygen atoms in total. The molecule has 7 heteroatoms. The Morgan fingerprint density at radius 2 is 1.79 bits per heavy atom. The molecular formula is C21H21ClN4O2. The molecule has 3 rings (SSSR count). The highest BCUT2D eigenvalue weighted by molar-refractivity contribution is 6.31. The molecule has 0 bridgehead atoms. The molecule has 0 radical (unpaired) electrons. The number of carbonyl (C=O) groups is 2. The number of amides is 2. The predicted molar refractivity (Wildman–Crippen MR) is 109 cm³/mol. The Balaban J connectivity index is 1.55. The number of nitrogens with zero attached hydrogens (tertiary/aromatic N) is 2. The van der Waals surface area contributed by atoms with E-state index in [1.54, 1.807) is 19.2 Å². The van der Waals surface area contributed by atoms with Crippen molar-refractivity contribution in [2.24, 2.45) is 7.05 Å². The van der Waals surface area contributed by atoms with E-state index < -0.39 is 0 Å². The standard InChI is InChI=1S/C21H21ClN4O2/c1-26-19(24-20(27)12-11-15-7-3-2-4-8-15)13-18(25-26)21(28)23-14-16-9-5-6-10-17(16)22/h2-10,13H,11-12,14H2,1H3,(H,23,28)(H,24,27). The van der Waals surface area contributed by atoms with Crippen LogP contribution < -0.4 is 10.6 Å². The van der Waals surface area contributed by atoms with Crippen LogP contribution in [-0.4, -0.2) is 21.6 Å². The van der Waals surface area contributed by atoms with E-state index >= 15 is 0 Å². The minimum atomic E-state index is -0.333. The first-order valence-corrected chi connectivity index (χ1v) is 9.30. The lowest BCUT2D eigenvalue weighted by atomic mass is 10.1. The monoisotopic (exact) mass is 396 g/mol. The number of rotatable bonds is 7. The third-order valence-corrected chi connectivity index (χ3v) is 4.63. The lowest BCUT2D eigenvalue weighted by molar-refractivity contribution is -0.116. The second-order valence-electron chi connectivity index (χ2n) is 6.35. The number of halogens is 1. The van der Waals surface area contributed by atoms with Crippen LogP contribution in [-0.2, 0) is 24.8 Å². The highest BCUT2D eigenvalue weighted by atomic mass is 35.5. The number of aryl methyl sites for hydroxylation is 2. The minimum absolute atomic E-state index is 0.130. The topological polar surface area (TPSA) is 76.0 Å². The molecule has 0 aliphatic rings. The maximum atomic E-state index is 12.3. The number of hydrogen-bond donors (Lipinski definition) is 2. The molecule has 0 atom stereocenters. The zero-order valence-electron chi connectivity index (χ0n) is 15.5. The van der Waals surface area contributed by atoms with E-state index in [4.69, 9.17) is 11.6 Å². The molecular weight excluding hydrogens is 376 g/mol. The Bertz CT molecular complexity index is 970. The van der Waals surface area contributed by atoms with Crippen molar-refractivity contribution in [2.75, 3.05) is 5.32 Å². The maximum Gasteiger partial charge on any atom is 0.272 e. The van der Waals surface area contributed by atoms with Gasteiger partial charge in [0, 0.05) is 31.1 Å². The zero-order chi connectivity index (χ0) is 19.9. The molecule has 3 aromatic rings. The van der Waals surface area contributed by atoms with E-state index in [-0.39, 0.29) is 17.5 Å². The fourth-order valence-corrected chi connectivity index (χ4v) is 2.91. The van der Waals surface area contributed by atoms with Crippen LogP contribution in [0.3, 0.4) is 0 Å². The Morgan fingerprint density at radius 3 is 2.54 bits per heavy atom. The molecule has 1 heterocycles. The van der Waals surface area contributed by atoms with E-state index in [2.05, 4.69) is 15.7 Å². The summed E-state index contributed by atoms with van der Waals surface area (Å²) in [4.78, 5) is 24.5. The lowest BCUT2D eigenvalue weighted by Crippen LogP contribution is -2.23. The van der Waals surface area contributed by atoms with Gasteiger partial charge in [-0.2, -0.15) is 5.10 Å². The summed E-state index contributed by atoms with van der Waals surface area (Å²) in [6.07, 6.45) is 0.999. The second-order valence-corrected chi connectivity index (χ2v) is 6.75. The van der Waals surface area contributed by atoms with Crippen LogP contribution in [0.4, 0.5) is 5.82 Å². The third-order valence-electron chi connectivity index (χ3n) is 4.26. The average Bonchev–Trinajstić information content (AvgIpc) is 3.07. The molecule has 1 aromatic heterocycles. The highest BCUT2D eigenvalue weighted by Gasteiger charge is 2.14. The Hall–Kier alpha value is -3.12. The molecule has 2 N–H and O–H groups in total. The maximum absolute atomic E-state index is 12.3. The summed E-state index contributed by atoms with van der Waals surface area (Å²) in [5, 5.41) is 10.4. The van der Waals surface area contributed by atoms with Crippen LogP contribution in [0.25, 0.3) is 0 Å². The second kappa shape index (κ2) is 9.19. The van der Waals surface area contributed by atoms with Gasteiger partial charge in [-0.05, 0) is 23.6 Å². The summed E-state index contributed by atoms with van der Waals surface area (Å²) in [7, 11) is 1.68. The zero-order valence-corrected chi connectivity index (χ0v) is 16.2. The summed E-state index contributed by atoms with van der Waals surface area (Å²) >= 11 is 6.10. The van der Waals surface area contributed by atoms with Crippen molar-refractivity contribution < 1.29 is 9.59 Å². The first-order chi connectivity index (χ1) is 13.5. The van der Waals surface area contributed by atoms with Gasteiger partial charge in [-0.1, -0.05) is 60.1 Å². The van der Waals surface area contributed by atoms with Crippen molar-refractivity contribution in [2.45, 2.75) is 19.4 Å². The smallest absolute Gasteiger partial charge is 0.272 e. The van der Waals surface area contributed by atoms with Crippen LogP contribution in [0.2, 0.25) is 5.02 Å². The molecule has 0 unspecified atom stereocenters. The molecule has 144 valence electrons. The normalized spacial score (nSPS) is 10.5. The first-order valence-electron chi connectivity index (χ1n) is 8.92. The fraction of sp³-hybridized carbons (Fsp3) is 0.190. The van der Waals surface area contributed by atoms with Crippen LogP contribution in [0.5, 0.6) is 0 Å². The van der Waals surface area contributed by atoms with Crippen molar-refractivity contribution in [3.63, 3.8) is 0 Å². The number of carbonyl (C=O) groups excluding carboxylic acids is 2. The first kappa shape index (κ1) is 19.6. The van der Waals surface area contributed by atoms with Gasteiger partial charge in [0.15, 0.2) is 5.69 Å². The van der Waals surface area contributed by atoms with E-state index in [0.29, 0.717) is 30.2 Å². The highest BCUT2D eigenvalue weighted by Crippen LogP contribution is 2.15. The molecule has 0 saturated carbocycles. The molecule has 28 heavy (non-hydrogen) atoms. The SMILES string of the molecule is Cn1nc(C(=O)NCc2ccccc2Cl)cc1NC(=O)CCc1ccccc1. The Kier molecular flexibility index (Phi) is 6.45. The Morgan fingerprint density at radius 1 is 1.07 bits per heavy atom. The summed E-state index contributed by atoms with van der Waals surface area (Å²) < 4.78 is 1.48. The van der Waals surface area contributed by atoms with Gasteiger partial charge in [0.25, 0.3) is 5.91 Å². The van der Waals surface area contributed by atoms with Crippen molar-refractivity contribution >= 4 is 29.2 Å². The molecule has 0 aliphatic carbocycles. The average molecular weight is 397 g/mol. The summed E-state index contributed by atoms with van der Waals surface area (Å²) in [5.74, 6) is 0.0103. The molecule has 2 aromatic carbocycles. The van der Waals surface area contributed by atoms with Crippen molar-refractivity contribution in [1.82, 2.24) is 15.1 Å². The fourth-order valence-electron chi connectivity index (χ4n) is 2.71. The number of anilines is 1. The van der Waals surface area contributed by atoms with Crippen LogP contribution >= 0.6 is 11.6 Å². The summed E-state index contributed by atoms with van der Waals surface area (Å²) in [5.41, 5.74) is 2.15. The van der Waals surface area contributed by atoms with Crippen LogP contribution in [0.1, 0.15) is 28.0 Å². The van der Waals surface area contributed by atoms with Gasteiger partial charge in [0.05, 0.1) is 0 Å². The van der Waals surface area contributed by atoms with E-state index in [9.17, 15) is 9.59 Å². The minimum Gasteiger partial charge on any atom is -0.347 e. The number of benzene rings is 2. The summed E-state index contributed by atoms with van der Waals surface area (Å²) in [6.45, 7) is 0.299. The molecule has 0 aliphatic heterocycles. The van der Waals surface area contributed by atoms with Gasteiger partial charge in [-0.3, -0.25) is 14.3 Å². The third kappa shape index (κ3) is 5.20. The van der Waals surface area contributed by atoms with Gasteiger partial charge >= 0.3 is 0 Å². The van der Waals surface area contributed by atoms with Crippen molar-refractivity contribution in [1.29, 1.82) is 0 Å². The molecule has 0 fully saturated rings. The van der Waals surface area contributed by atoms with E-state index in [1.807, 2.05) is 48.5 Å². The molecule has 2 amide bonds. The van der Waals surface area contributed by atoms with Crippen molar-refractivity contribution in [3.8, 4) is 0 Å². The summed E-state index contributed by atoms with van der Waals surface area (Å²) in [6, 6.07) is 18.7. The quantitative estimate of drug-likeness (QED) is 0.641. The van der Waals surface area contributed by atoms with Gasteiger partial charge in [0.2, 0.25) is 5.91 Å². The van der Waals surface area contributed by atoms with Crippen LogP contribution in [0.15, 0.2) is 60.7 Å². The lowest BCUT2D eigenvalue weighted by Gasteiger charge is -2.05. The van der Waals surface area contributed by atoms with E-state index in [0.717, 1.165) is 11.1 Å². The number of aromatic nitrogens is 2. The van der Waals surface area contributed by atoms with Gasteiger partial charge in [-0.25, -0.2) is 0 Å². The van der Waals surface area contributed by atoms with Gasteiger partial charge in [0.1, 0.15) is 5.82 Å². The van der Waals surface area contributed by atoms with Crippen molar-refractivity contribution in [3.05, 3.63) is 82.5 Å². The predicted octanol–water partition coefficient (Wildman–Crippen LogP) is 3.57.